The number of piperidine rings is 1. The number of ether oxygens (including phenoxy) is 3. The zero-order valence-corrected chi connectivity index (χ0v) is 24.5. The zero-order chi connectivity index (χ0) is 28.6. The van der Waals surface area contributed by atoms with Gasteiger partial charge in [-0.1, -0.05) is 12.5 Å². The number of likely N-dealkylation sites (tertiary alicyclic amines) is 1. The Morgan fingerprint density at radius 1 is 1.05 bits per heavy atom. The van der Waals surface area contributed by atoms with Crippen molar-refractivity contribution in [1.82, 2.24) is 9.47 Å². The average Bonchev–Trinajstić information content (AvgIpc) is 3.62. The van der Waals surface area contributed by atoms with Crippen LogP contribution in [-0.2, 0) is 16.0 Å². The van der Waals surface area contributed by atoms with Crippen LogP contribution in [0, 0.1) is 6.92 Å². The quantitative estimate of drug-likeness (QED) is 0.325. The lowest BCUT2D eigenvalue weighted by molar-refractivity contribution is 0.0542. The number of rotatable bonds is 7. The lowest BCUT2D eigenvalue weighted by Gasteiger charge is -2.37. The van der Waals surface area contributed by atoms with Crippen LogP contribution in [0.3, 0.4) is 0 Å². The van der Waals surface area contributed by atoms with Gasteiger partial charge in [0.15, 0.2) is 0 Å². The Labute approximate surface area is 236 Å². The SMILES string of the molecule is COC(=O)c1ccc([C@@H]2CCCCN2Cc2c(OC)cc(C)c3c2ccn3C(=O)OC(C)(C)C)c(NC2CC2)c1. The summed E-state index contributed by atoms with van der Waals surface area (Å²) in [6, 6.07) is 10.5. The molecule has 2 fully saturated rings. The Morgan fingerprint density at radius 2 is 1.82 bits per heavy atom. The molecule has 2 aromatic carbocycles. The van der Waals surface area contributed by atoms with Crippen LogP contribution in [0.1, 0.15) is 86.0 Å². The van der Waals surface area contributed by atoms with E-state index < -0.39 is 5.60 Å². The number of carbonyl (C=O) groups is 2. The van der Waals surface area contributed by atoms with E-state index in [0.717, 1.165) is 72.1 Å². The first-order valence-electron chi connectivity index (χ1n) is 14.2. The molecule has 1 aliphatic heterocycles. The van der Waals surface area contributed by atoms with Gasteiger partial charge in [-0.3, -0.25) is 9.47 Å². The van der Waals surface area contributed by atoms with Crippen LogP contribution in [0.2, 0.25) is 0 Å². The van der Waals surface area contributed by atoms with E-state index >= 15 is 0 Å². The number of esters is 1. The van der Waals surface area contributed by atoms with E-state index in [1.165, 1.54) is 12.7 Å². The number of anilines is 1. The molecule has 8 nitrogen and oxygen atoms in total. The number of nitrogens with one attached hydrogen (secondary N) is 1. The second-order valence-electron chi connectivity index (χ2n) is 12.0. The number of hydrogen-bond donors (Lipinski definition) is 1. The molecule has 0 spiro atoms. The van der Waals surface area contributed by atoms with Gasteiger partial charge in [0, 0.05) is 41.5 Å². The lowest BCUT2D eigenvalue weighted by atomic mass is 9.92. The molecule has 0 bridgehead atoms. The Morgan fingerprint density at radius 3 is 2.50 bits per heavy atom. The van der Waals surface area contributed by atoms with Crippen molar-refractivity contribution in [3.05, 3.63) is 58.8 Å². The van der Waals surface area contributed by atoms with E-state index in [0.29, 0.717) is 18.2 Å². The number of carbonyl (C=O) groups excluding carboxylic acids is 2. The standard InChI is InChI=1S/C32H41N3O5/c1-20-17-28(38-5)25(23-14-16-35(29(20)23)31(37)40-32(2,3)4)19-34-15-8-7-9-27(34)24-13-10-21(30(36)39-6)18-26(24)33-22-11-12-22/h10,13-14,16-18,22,27,33H,7-9,11-12,15,19H2,1-6H3/t27-/m0/s1. The minimum atomic E-state index is -0.590. The number of methoxy groups -OCH3 is 2. The van der Waals surface area contributed by atoms with Crippen molar-refractivity contribution in [3.63, 3.8) is 0 Å². The molecule has 3 aromatic rings. The van der Waals surface area contributed by atoms with Crippen LogP contribution >= 0.6 is 0 Å². The highest BCUT2D eigenvalue weighted by molar-refractivity contribution is 5.95. The first kappa shape index (κ1) is 28.0. The molecule has 2 heterocycles. The number of benzene rings is 2. The Kier molecular flexibility index (Phi) is 7.82. The van der Waals surface area contributed by atoms with E-state index in [9.17, 15) is 9.59 Å². The van der Waals surface area contributed by atoms with E-state index in [1.54, 1.807) is 17.9 Å². The van der Waals surface area contributed by atoms with Crippen LogP contribution in [0.5, 0.6) is 5.75 Å². The monoisotopic (exact) mass is 547 g/mol. The van der Waals surface area contributed by atoms with Crippen LogP contribution in [-0.4, -0.2) is 53.9 Å². The number of nitrogens with zero attached hydrogens (tertiary/aromatic N) is 2. The molecule has 5 rings (SSSR count). The fourth-order valence-corrected chi connectivity index (χ4v) is 5.77. The van der Waals surface area contributed by atoms with Crippen LogP contribution in [0.15, 0.2) is 36.5 Å². The van der Waals surface area contributed by atoms with Crippen molar-refractivity contribution in [2.24, 2.45) is 0 Å². The maximum atomic E-state index is 13.1. The molecule has 0 amide bonds. The van der Waals surface area contributed by atoms with Gasteiger partial charge in [0.25, 0.3) is 0 Å². The third-order valence-corrected chi connectivity index (χ3v) is 7.79. The molecule has 0 unspecified atom stereocenters. The second-order valence-corrected chi connectivity index (χ2v) is 12.0. The highest BCUT2D eigenvalue weighted by Crippen LogP contribution is 2.41. The molecule has 1 aromatic heterocycles. The number of fused-ring (bicyclic) bond motifs is 1. The van der Waals surface area contributed by atoms with E-state index in [4.69, 9.17) is 14.2 Å². The summed E-state index contributed by atoms with van der Waals surface area (Å²) >= 11 is 0. The minimum Gasteiger partial charge on any atom is -0.496 e. The zero-order valence-electron chi connectivity index (χ0n) is 24.5. The first-order chi connectivity index (χ1) is 19.1. The summed E-state index contributed by atoms with van der Waals surface area (Å²) in [7, 11) is 3.12. The molecule has 1 saturated carbocycles. The largest absolute Gasteiger partial charge is 0.496 e. The lowest BCUT2D eigenvalue weighted by Crippen LogP contribution is -2.33. The maximum absolute atomic E-state index is 13.1. The molecule has 1 atom stereocenters. The predicted molar refractivity (Wildman–Crippen MR) is 156 cm³/mol. The van der Waals surface area contributed by atoms with E-state index in [1.807, 2.05) is 52.0 Å². The summed E-state index contributed by atoms with van der Waals surface area (Å²) in [5, 5.41) is 4.66. The van der Waals surface area contributed by atoms with E-state index in [-0.39, 0.29) is 18.1 Å². The van der Waals surface area contributed by atoms with Crippen LogP contribution in [0.4, 0.5) is 10.5 Å². The van der Waals surface area contributed by atoms with Gasteiger partial charge in [-0.25, -0.2) is 9.59 Å². The smallest absolute Gasteiger partial charge is 0.419 e. The normalized spacial score (nSPS) is 18.0. The van der Waals surface area contributed by atoms with Gasteiger partial charge in [0.2, 0.25) is 0 Å². The summed E-state index contributed by atoms with van der Waals surface area (Å²) in [5.74, 6) is 0.487. The Balaban J connectivity index is 1.53. The van der Waals surface area contributed by atoms with Crippen molar-refractivity contribution >= 4 is 28.7 Å². The highest BCUT2D eigenvalue weighted by Gasteiger charge is 2.31. The summed E-state index contributed by atoms with van der Waals surface area (Å²) in [4.78, 5) is 27.9. The topological polar surface area (TPSA) is 82.0 Å². The van der Waals surface area contributed by atoms with Gasteiger partial charge in [0.05, 0.1) is 25.3 Å². The summed E-state index contributed by atoms with van der Waals surface area (Å²) in [6.07, 6.45) is 6.96. The van der Waals surface area contributed by atoms with Gasteiger partial charge in [0.1, 0.15) is 11.4 Å². The van der Waals surface area contributed by atoms with Crippen LogP contribution in [0.25, 0.3) is 10.9 Å². The van der Waals surface area contributed by atoms with Gasteiger partial charge < -0.3 is 19.5 Å². The average molecular weight is 548 g/mol. The third kappa shape index (κ3) is 5.82. The van der Waals surface area contributed by atoms with Crippen molar-refractivity contribution in [3.8, 4) is 5.75 Å². The van der Waals surface area contributed by atoms with Crippen molar-refractivity contribution in [2.45, 2.75) is 84.0 Å². The predicted octanol–water partition coefficient (Wildman–Crippen LogP) is 6.83. The van der Waals surface area contributed by atoms with Crippen molar-refractivity contribution in [1.29, 1.82) is 0 Å². The summed E-state index contributed by atoms with van der Waals surface area (Å²) < 4.78 is 18.2. The Bertz CT molecular complexity index is 1420. The number of hydrogen-bond acceptors (Lipinski definition) is 7. The third-order valence-electron chi connectivity index (χ3n) is 7.79. The minimum absolute atomic E-state index is 0.177. The molecule has 2 aliphatic rings. The molecular formula is C32H41N3O5. The molecule has 0 radical (unpaired) electrons. The second kappa shape index (κ2) is 11.2. The number of aromatic nitrogens is 1. The van der Waals surface area contributed by atoms with Gasteiger partial charge in [-0.2, -0.15) is 0 Å². The molecule has 214 valence electrons. The fraction of sp³-hybridized carbons (Fsp3) is 0.500. The van der Waals surface area contributed by atoms with Crippen LogP contribution < -0.4 is 10.1 Å². The molecule has 8 heteroatoms. The van der Waals surface area contributed by atoms with Gasteiger partial charge >= 0.3 is 12.1 Å². The molecule has 1 N–H and O–H groups in total. The number of aryl methyl sites for hydroxylation is 1. The van der Waals surface area contributed by atoms with E-state index in [2.05, 4.69) is 16.3 Å². The summed E-state index contributed by atoms with van der Waals surface area (Å²) in [5.41, 5.74) is 5.04. The van der Waals surface area contributed by atoms with Gasteiger partial charge in [-0.15, -0.1) is 0 Å². The molecule has 1 aliphatic carbocycles. The first-order valence-corrected chi connectivity index (χ1v) is 14.2. The maximum Gasteiger partial charge on any atom is 0.419 e. The fourth-order valence-electron chi connectivity index (χ4n) is 5.77. The highest BCUT2D eigenvalue weighted by atomic mass is 16.6. The molecular weight excluding hydrogens is 506 g/mol. The summed E-state index contributed by atoms with van der Waals surface area (Å²) in [6.45, 7) is 9.23. The molecule has 40 heavy (non-hydrogen) atoms. The molecule has 1 saturated heterocycles. The van der Waals surface area contributed by atoms with Gasteiger partial charge in [-0.05, 0) is 95.3 Å². The van der Waals surface area contributed by atoms with Crippen molar-refractivity contribution < 1.29 is 23.8 Å². The van der Waals surface area contributed by atoms with Crippen molar-refractivity contribution in [2.75, 3.05) is 26.1 Å². The Hall–Kier alpha value is -3.52.